The van der Waals surface area contributed by atoms with Crippen LogP contribution in [0.3, 0.4) is 0 Å². The van der Waals surface area contributed by atoms with Crippen LogP contribution in [0.25, 0.3) is 17.0 Å². The minimum atomic E-state index is -1.46. The second kappa shape index (κ2) is 8.38. The van der Waals surface area contributed by atoms with Crippen molar-refractivity contribution in [1.82, 2.24) is 0 Å². The van der Waals surface area contributed by atoms with E-state index < -0.39 is 29.1 Å². The van der Waals surface area contributed by atoms with Crippen LogP contribution in [0.5, 0.6) is 0 Å². The first-order valence-corrected chi connectivity index (χ1v) is 8.70. The summed E-state index contributed by atoms with van der Waals surface area (Å²) in [4.78, 5) is 0. The molecule has 0 aliphatic heterocycles. The Morgan fingerprint density at radius 2 is 1.14 bits per heavy atom. The molecule has 0 spiro atoms. The first-order chi connectivity index (χ1) is 13.3. The average Bonchev–Trinajstić information content (AvgIpc) is 2.70. The van der Waals surface area contributed by atoms with Gasteiger partial charge in [0, 0.05) is 5.56 Å². The summed E-state index contributed by atoms with van der Waals surface area (Å²) < 4.78 is 66.1. The molecular weight excluding hydrogens is 371 g/mol. The van der Waals surface area contributed by atoms with Crippen molar-refractivity contribution in [2.75, 3.05) is 0 Å². The van der Waals surface area contributed by atoms with Gasteiger partial charge >= 0.3 is 0 Å². The lowest BCUT2D eigenvalue weighted by Gasteiger charge is -2.07. The monoisotopic (exact) mass is 388 g/mol. The highest BCUT2D eigenvalue weighted by Gasteiger charge is 2.10. The van der Waals surface area contributed by atoms with Gasteiger partial charge in [0.15, 0.2) is 23.3 Å². The first kappa shape index (κ1) is 19.8. The smallest absolute Gasteiger partial charge is 0.194 e. The van der Waals surface area contributed by atoms with Crippen molar-refractivity contribution >= 4 is 5.83 Å². The fraction of sp³-hybridized carbons (Fsp3) is 0.130. The summed E-state index contributed by atoms with van der Waals surface area (Å²) >= 11 is 0. The predicted octanol–water partition coefficient (Wildman–Crippen LogP) is 7.18. The normalized spacial score (nSPS) is 12.1. The van der Waals surface area contributed by atoms with Gasteiger partial charge < -0.3 is 0 Å². The molecule has 3 aromatic rings. The van der Waals surface area contributed by atoms with E-state index in [4.69, 9.17) is 0 Å². The van der Waals surface area contributed by atoms with Crippen molar-refractivity contribution in [2.24, 2.45) is 0 Å². The number of aryl methyl sites for hydroxylation is 2. The van der Waals surface area contributed by atoms with Crippen molar-refractivity contribution in [3.8, 4) is 11.1 Å². The zero-order valence-electron chi connectivity index (χ0n) is 15.1. The lowest BCUT2D eigenvalue weighted by molar-refractivity contribution is 0.445. The van der Waals surface area contributed by atoms with Crippen LogP contribution in [0.2, 0.25) is 0 Å². The van der Waals surface area contributed by atoms with Gasteiger partial charge in [-0.2, -0.15) is 0 Å². The van der Waals surface area contributed by atoms with Gasteiger partial charge in [-0.25, -0.2) is 22.0 Å². The molecule has 0 saturated heterocycles. The highest BCUT2D eigenvalue weighted by Crippen LogP contribution is 2.26. The third-order valence-electron chi connectivity index (χ3n) is 4.47. The second-order valence-corrected chi connectivity index (χ2v) is 6.50. The van der Waals surface area contributed by atoms with E-state index in [2.05, 4.69) is 0 Å². The number of hydrogen-bond donors (Lipinski definition) is 0. The van der Waals surface area contributed by atoms with E-state index in [1.54, 1.807) is 12.1 Å². The molecule has 0 bridgehead atoms. The highest BCUT2D eigenvalue weighted by atomic mass is 19.2. The van der Waals surface area contributed by atoms with Gasteiger partial charge in [0.05, 0.1) is 0 Å². The number of halogens is 5. The van der Waals surface area contributed by atoms with Crippen molar-refractivity contribution in [3.05, 3.63) is 101 Å². The Balaban J connectivity index is 1.69. The Morgan fingerprint density at radius 3 is 1.64 bits per heavy atom. The highest BCUT2D eigenvalue weighted by molar-refractivity contribution is 5.68. The molecule has 0 aromatic heterocycles. The van der Waals surface area contributed by atoms with E-state index in [-0.39, 0.29) is 5.56 Å². The van der Waals surface area contributed by atoms with E-state index in [0.29, 0.717) is 18.4 Å². The van der Waals surface area contributed by atoms with Gasteiger partial charge in [0.1, 0.15) is 5.83 Å². The van der Waals surface area contributed by atoms with E-state index in [0.717, 1.165) is 35.7 Å². The minimum absolute atomic E-state index is 0.180. The van der Waals surface area contributed by atoms with E-state index >= 15 is 0 Å². The molecule has 28 heavy (non-hydrogen) atoms. The van der Waals surface area contributed by atoms with Crippen LogP contribution in [0.4, 0.5) is 22.0 Å². The van der Waals surface area contributed by atoms with Gasteiger partial charge in [-0.3, -0.25) is 0 Å². The summed E-state index contributed by atoms with van der Waals surface area (Å²) in [5, 5.41) is 0. The molecule has 0 amide bonds. The van der Waals surface area contributed by atoms with Crippen molar-refractivity contribution in [3.63, 3.8) is 0 Å². The SMILES string of the molecule is C/C(F)=C(\F)c1ccc(-c2ccc(CCc3cc(F)c(F)c(F)c3)cc2)cc1. The van der Waals surface area contributed by atoms with Crippen LogP contribution in [0.15, 0.2) is 66.5 Å². The van der Waals surface area contributed by atoms with Gasteiger partial charge in [-0.15, -0.1) is 0 Å². The molecule has 0 aliphatic rings. The number of rotatable bonds is 5. The summed E-state index contributed by atoms with van der Waals surface area (Å²) in [6.07, 6.45) is 0.909. The molecule has 144 valence electrons. The third-order valence-corrected chi connectivity index (χ3v) is 4.47. The third kappa shape index (κ3) is 4.47. The van der Waals surface area contributed by atoms with E-state index in [1.807, 2.05) is 24.3 Å². The molecule has 0 atom stereocenters. The molecule has 0 fully saturated rings. The molecule has 0 aliphatic carbocycles. The van der Waals surface area contributed by atoms with Gasteiger partial charge in [0.25, 0.3) is 0 Å². The predicted molar refractivity (Wildman–Crippen MR) is 100 cm³/mol. The standard InChI is InChI=1S/C23H17F5/c1-14(24)22(27)19-10-8-18(9-11-19)17-6-4-15(5-7-17)2-3-16-12-20(25)23(28)21(26)13-16/h4-13H,2-3H2,1H3/b22-14+. The Hall–Kier alpha value is -2.95. The quantitative estimate of drug-likeness (QED) is 0.321. The molecule has 0 radical (unpaired) electrons. The van der Waals surface area contributed by atoms with Gasteiger partial charge in [-0.05, 0) is 54.2 Å². The van der Waals surface area contributed by atoms with Crippen molar-refractivity contribution in [2.45, 2.75) is 19.8 Å². The van der Waals surface area contributed by atoms with Crippen LogP contribution < -0.4 is 0 Å². The Kier molecular flexibility index (Phi) is 5.93. The molecule has 0 unspecified atom stereocenters. The Morgan fingerprint density at radius 1 is 0.679 bits per heavy atom. The molecule has 0 N–H and O–H groups in total. The molecule has 0 heterocycles. The molecule has 3 aromatic carbocycles. The van der Waals surface area contributed by atoms with Crippen molar-refractivity contribution < 1.29 is 22.0 Å². The number of benzene rings is 3. The molecule has 5 heteroatoms. The zero-order valence-corrected chi connectivity index (χ0v) is 15.1. The molecular formula is C23H17F5. The summed E-state index contributed by atoms with van der Waals surface area (Å²) in [5.74, 6) is -5.59. The van der Waals surface area contributed by atoms with Crippen LogP contribution in [-0.2, 0) is 12.8 Å². The molecule has 3 rings (SSSR count). The summed E-state index contributed by atoms with van der Waals surface area (Å²) in [7, 11) is 0. The zero-order chi connectivity index (χ0) is 20.3. The maximum atomic E-state index is 13.6. The largest absolute Gasteiger partial charge is 0.209 e. The Bertz CT molecular complexity index is 975. The minimum Gasteiger partial charge on any atom is -0.209 e. The average molecular weight is 388 g/mol. The van der Waals surface area contributed by atoms with Crippen LogP contribution in [0, 0.1) is 17.5 Å². The second-order valence-electron chi connectivity index (χ2n) is 6.50. The maximum Gasteiger partial charge on any atom is 0.194 e. The first-order valence-electron chi connectivity index (χ1n) is 8.70. The fourth-order valence-corrected chi connectivity index (χ4v) is 2.91. The maximum absolute atomic E-state index is 13.6. The summed E-state index contributed by atoms with van der Waals surface area (Å²) in [5.41, 5.74) is 3.26. The summed E-state index contributed by atoms with van der Waals surface area (Å²) in [6, 6.07) is 16.0. The van der Waals surface area contributed by atoms with Gasteiger partial charge in [-0.1, -0.05) is 48.5 Å². The van der Waals surface area contributed by atoms with Crippen molar-refractivity contribution in [1.29, 1.82) is 0 Å². The van der Waals surface area contributed by atoms with Gasteiger partial charge in [0.2, 0.25) is 0 Å². The van der Waals surface area contributed by atoms with Crippen LogP contribution in [0.1, 0.15) is 23.6 Å². The lowest BCUT2D eigenvalue weighted by atomic mass is 9.99. The Labute approximate surface area is 160 Å². The number of hydrogen-bond acceptors (Lipinski definition) is 0. The van der Waals surface area contributed by atoms with E-state index in [1.165, 1.54) is 12.1 Å². The van der Waals surface area contributed by atoms with Crippen LogP contribution >= 0.6 is 0 Å². The molecule has 0 nitrogen and oxygen atoms in total. The molecule has 0 saturated carbocycles. The number of allylic oxidation sites excluding steroid dienone is 1. The van der Waals surface area contributed by atoms with E-state index in [9.17, 15) is 22.0 Å². The lowest BCUT2D eigenvalue weighted by Crippen LogP contribution is -1.97. The fourth-order valence-electron chi connectivity index (χ4n) is 2.91. The summed E-state index contributed by atoms with van der Waals surface area (Å²) in [6.45, 7) is 1.07. The van der Waals surface area contributed by atoms with Crippen LogP contribution in [-0.4, -0.2) is 0 Å². The topological polar surface area (TPSA) is 0 Å².